The topological polar surface area (TPSA) is 149 Å². The van der Waals surface area contributed by atoms with E-state index in [9.17, 15) is 30.3 Å². The van der Waals surface area contributed by atoms with Crippen molar-refractivity contribution in [2.75, 3.05) is 13.2 Å². The summed E-state index contributed by atoms with van der Waals surface area (Å²) >= 11 is 0. The fraction of sp³-hybridized carbons (Fsp3) is 0.757. The number of nitrogens with one attached hydrogen (secondary N) is 1. The molecule has 0 radical (unpaired) electrons. The number of ether oxygens (including phenoxy) is 2. The number of aliphatic hydroxyl groups is 5. The average Bonchev–Trinajstić information content (AvgIpc) is 3.05. The SMILES string of the molecule is CCCC/C=C\C/C=C\CCCCCCCC(=O)NC(COC1OC(CO)C(O)C(O)C1O)C(O)/C=C/CC/C=C/CCCCC. The van der Waals surface area contributed by atoms with Gasteiger partial charge in [0.1, 0.15) is 24.4 Å². The Hall–Kier alpha value is -1.85. The van der Waals surface area contributed by atoms with E-state index in [1.54, 1.807) is 6.08 Å². The van der Waals surface area contributed by atoms with E-state index in [2.05, 4.69) is 55.6 Å². The predicted molar refractivity (Wildman–Crippen MR) is 184 cm³/mol. The van der Waals surface area contributed by atoms with Crippen molar-refractivity contribution in [3.63, 3.8) is 0 Å². The number of allylic oxidation sites excluding steroid dienone is 7. The number of carbonyl (C=O) groups excluding carboxylic acids is 1. The molecule has 1 aliphatic heterocycles. The van der Waals surface area contributed by atoms with Gasteiger partial charge in [0.25, 0.3) is 0 Å². The Balaban J connectivity index is 2.51. The van der Waals surface area contributed by atoms with Crippen molar-refractivity contribution < 1.29 is 39.8 Å². The smallest absolute Gasteiger partial charge is 0.220 e. The van der Waals surface area contributed by atoms with Gasteiger partial charge < -0.3 is 40.3 Å². The molecule has 0 bridgehead atoms. The van der Waals surface area contributed by atoms with Gasteiger partial charge in [-0.1, -0.05) is 107 Å². The summed E-state index contributed by atoms with van der Waals surface area (Å²) in [6.07, 6.45) is 25.9. The fourth-order valence-electron chi connectivity index (χ4n) is 5.13. The summed E-state index contributed by atoms with van der Waals surface area (Å²) < 4.78 is 11.1. The summed E-state index contributed by atoms with van der Waals surface area (Å²) in [4.78, 5) is 12.8. The van der Waals surface area contributed by atoms with Crippen LogP contribution in [0.3, 0.4) is 0 Å². The van der Waals surface area contributed by atoms with Crippen LogP contribution in [0.2, 0.25) is 0 Å². The fourth-order valence-corrected chi connectivity index (χ4v) is 5.13. The molecule has 6 N–H and O–H groups in total. The Morgan fingerprint density at radius 1 is 0.739 bits per heavy atom. The second kappa shape index (κ2) is 28.2. The van der Waals surface area contributed by atoms with Gasteiger partial charge in [-0.25, -0.2) is 0 Å². The monoisotopic (exact) mass is 651 g/mol. The highest BCUT2D eigenvalue weighted by Crippen LogP contribution is 2.22. The molecule has 1 saturated heterocycles. The molecule has 46 heavy (non-hydrogen) atoms. The minimum Gasteiger partial charge on any atom is -0.394 e. The van der Waals surface area contributed by atoms with Crippen LogP contribution in [-0.4, -0.2) is 87.5 Å². The summed E-state index contributed by atoms with van der Waals surface area (Å²) in [7, 11) is 0. The van der Waals surface area contributed by atoms with Crippen LogP contribution in [0.5, 0.6) is 0 Å². The minimum absolute atomic E-state index is 0.209. The summed E-state index contributed by atoms with van der Waals surface area (Å²) in [6.45, 7) is 3.60. The molecule has 0 aromatic rings. The largest absolute Gasteiger partial charge is 0.394 e. The molecule has 7 atom stereocenters. The van der Waals surface area contributed by atoms with E-state index in [0.717, 1.165) is 70.6 Å². The number of rotatable bonds is 27. The van der Waals surface area contributed by atoms with Crippen LogP contribution >= 0.6 is 0 Å². The Morgan fingerprint density at radius 2 is 1.33 bits per heavy atom. The number of hydrogen-bond acceptors (Lipinski definition) is 8. The van der Waals surface area contributed by atoms with Crippen molar-refractivity contribution in [1.82, 2.24) is 5.32 Å². The Labute approximate surface area is 278 Å². The Morgan fingerprint density at radius 3 is 2.02 bits per heavy atom. The van der Waals surface area contributed by atoms with E-state index in [0.29, 0.717) is 6.42 Å². The molecule has 1 aliphatic rings. The van der Waals surface area contributed by atoms with Crippen LogP contribution in [0.25, 0.3) is 0 Å². The van der Waals surface area contributed by atoms with Crippen molar-refractivity contribution in [1.29, 1.82) is 0 Å². The second-order valence-electron chi connectivity index (χ2n) is 12.3. The van der Waals surface area contributed by atoms with E-state index >= 15 is 0 Å². The van der Waals surface area contributed by atoms with Crippen LogP contribution in [0.4, 0.5) is 0 Å². The van der Waals surface area contributed by atoms with Crippen LogP contribution in [-0.2, 0) is 14.3 Å². The third kappa shape index (κ3) is 19.7. The van der Waals surface area contributed by atoms with E-state index < -0.39 is 49.5 Å². The maximum atomic E-state index is 12.8. The summed E-state index contributed by atoms with van der Waals surface area (Å²) in [5.41, 5.74) is 0. The third-order valence-electron chi connectivity index (χ3n) is 8.13. The number of carbonyl (C=O) groups is 1. The quantitative estimate of drug-likeness (QED) is 0.0501. The van der Waals surface area contributed by atoms with Gasteiger partial charge in [-0.2, -0.15) is 0 Å². The standard InChI is InChI=1S/C37H65NO8/c1-3-5-7-9-11-13-14-15-16-17-19-21-23-25-27-33(41)38-30(31(40)26-24-22-20-18-12-10-8-6-4-2)29-45-37-36(44)35(43)34(42)32(28-39)46-37/h9,11-12,14-15,18,24,26,30-32,34-37,39-40,42-44H,3-8,10,13,16-17,19-23,25,27-29H2,1-2H3,(H,38,41)/b11-9-,15-14-,18-12+,26-24+. The first-order valence-electron chi connectivity index (χ1n) is 17.9. The molecule has 1 heterocycles. The van der Waals surface area contributed by atoms with Crippen molar-refractivity contribution >= 4 is 5.91 Å². The highest BCUT2D eigenvalue weighted by molar-refractivity contribution is 5.76. The third-order valence-corrected chi connectivity index (χ3v) is 8.13. The van der Waals surface area contributed by atoms with Gasteiger partial charge in [-0.3, -0.25) is 4.79 Å². The first kappa shape index (κ1) is 42.2. The average molecular weight is 652 g/mol. The van der Waals surface area contributed by atoms with Gasteiger partial charge >= 0.3 is 0 Å². The molecule has 0 spiro atoms. The van der Waals surface area contributed by atoms with E-state index in [1.807, 2.05) is 6.08 Å². The first-order chi connectivity index (χ1) is 22.3. The molecule has 0 aromatic heterocycles. The van der Waals surface area contributed by atoms with Crippen molar-refractivity contribution in [2.45, 2.75) is 166 Å². The van der Waals surface area contributed by atoms with Gasteiger partial charge in [0.05, 0.1) is 25.4 Å². The maximum absolute atomic E-state index is 12.8. The summed E-state index contributed by atoms with van der Waals surface area (Å²) in [6, 6.07) is -0.825. The second-order valence-corrected chi connectivity index (χ2v) is 12.3. The molecule has 7 unspecified atom stereocenters. The lowest BCUT2D eigenvalue weighted by molar-refractivity contribution is -0.302. The highest BCUT2D eigenvalue weighted by atomic mass is 16.7. The van der Waals surface area contributed by atoms with Crippen molar-refractivity contribution in [3.05, 3.63) is 48.6 Å². The Bertz CT molecular complexity index is 858. The van der Waals surface area contributed by atoms with Gasteiger partial charge in [0.15, 0.2) is 6.29 Å². The zero-order chi connectivity index (χ0) is 33.8. The molecule has 0 aliphatic carbocycles. The number of hydrogen-bond donors (Lipinski definition) is 6. The summed E-state index contributed by atoms with van der Waals surface area (Å²) in [5.74, 6) is -0.209. The molecular formula is C37H65NO8. The molecule has 9 nitrogen and oxygen atoms in total. The zero-order valence-corrected chi connectivity index (χ0v) is 28.6. The maximum Gasteiger partial charge on any atom is 0.220 e. The number of unbranched alkanes of at least 4 members (excludes halogenated alkanes) is 11. The Kier molecular flexibility index (Phi) is 25.8. The van der Waals surface area contributed by atoms with E-state index in [1.165, 1.54) is 32.1 Å². The molecule has 1 fully saturated rings. The molecule has 0 aromatic carbocycles. The summed E-state index contributed by atoms with van der Waals surface area (Å²) in [5, 5.41) is 53.6. The van der Waals surface area contributed by atoms with Gasteiger partial charge in [0, 0.05) is 6.42 Å². The first-order valence-corrected chi connectivity index (χ1v) is 17.9. The van der Waals surface area contributed by atoms with Crippen LogP contribution in [0, 0.1) is 0 Å². The van der Waals surface area contributed by atoms with Gasteiger partial charge in [-0.15, -0.1) is 0 Å². The van der Waals surface area contributed by atoms with Crippen molar-refractivity contribution in [3.8, 4) is 0 Å². The van der Waals surface area contributed by atoms with Crippen LogP contribution in [0.15, 0.2) is 48.6 Å². The lowest BCUT2D eigenvalue weighted by atomic mass is 9.99. The number of amides is 1. The van der Waals surface area contributed by atoms with Gasteiger partial charge in [0.2, 0.25) is 5.91 Å². The van der Waals surface area contributed by atoms with Gasteiger partial charge in [-0.05, 0) is 57.8 Å². The lowest BCUT2D eigenvalue weighted by Gasteiger charge is -2.40. The van der Waals surface area contributed by atoms with Crippen LogP contribution in [0.1, 0.15) is 123 Å². The lowest BCUT2D eigenvalue weighted by Crippen LogP contribution is -2.60. The van der Waals surface area contributed by atoms with Crippen molar-refractivity contribution in [2.24, 2.45) is 0 Å². The van der Waals surface area contributed by atoms with E-state index in [-0.39, 0.29) is 12.5 Å². The molecule has 1 rings (SSSR count). The zero-order valence-electron chi connectivity index (χ0n) is 28.6. The molecule has 266 valence electrons. The molecule has 0 saturated carbocycles. The number of aliphatic hydroxyl groups excluding tert-OH is 5. The normalized spacial score (nSPS) is 23.7. The highest BCUT2D eigenvalue weighted by Gasteiger charge is 2.44. The predicted octanol–water partition coefficient (Wildman–Crippen LogP) is 5.54. The van der Waals surface area contributed by atoms with Crippen LogP contribution < -0.4 is 5.32 Å². The molecule has 9 heteroatoms. The minimum atomic E-state index is -1.57. The van der Waals surface area contributed by atoms with E-state index in [4.69, 9.17) is 9.47 Å². The molecular weight excluding hydrogens is 586 g/mol. The molecule has 1 amide bonds.